The Labute approximate surface area is 209 Å². The van der Waals surface area contributed by atoms with Crippen LogP contribution in [0, 0.1) is 0 Å². The van der Waals surface area contributed by atoms with Crippen LogP contribution in [0.4, 0.5) is 0 Å². The van der Waals surface area contributed by atoms with Gasteiger partial charge in [-0.1, -0.05) is 50.1 Å². The maximum atomic E-state index is 13.9. The maximum absolute atomic E-state index is 13.9. The first kappa shape index (κ1) is 25.5. The predicted molar refractivity (Wildman–Crippen MR) is 135 cm³/mol. The molecule has 0 N–H and O–H groups in total. The van der Waals surface area contributed by atoms with E-state index in [0.29, 0.717) is 29.2 Å². The summed E-state index contributed by atoms with van der Waals surface area (Å²) in [5, 5.41) is 0.605. The molecule has 1 saturated heterocycles. The average Bonchev–Trinajstić information content (AvgIpc) is 2.88. The molecule has 3 fully saturated rings. The molecule has 2 aliphatic carbocycles. The molecular formula is C27H40ClN3O3. The largest absolute Gasteiger partial charge is 0.379 e. The number of morpholine rings is 1. The molecule has 0 atom stereocenters. The van der Waals surface area contributed by atoms with Crippen LogP contribution < -0.4 is 0 Å². The van der Waals surface area contributed by atoms with Crippen molar-refractivity contribution in [2.45, 2.75) is 76.3 Å². The molecular weight excluding hydrogens is 450 g/mol. The number of nitrogens with zero attached hydrogens (tertiary/aromatic N) is 3. The van der Waals surface area contributed by atoms with E-state index in [1.807, 2.05) is 0 Å². The van der Waals surface area contributed by atoms with Crippen LogP contribution in [0.15, 0.2) is 24.3 Å². The molecule has 1 heterocycles. The van der Waals surface area contributed by atoms with E-state index < -0.39 is 0 Å². The van der Waals surface area contributed by atoms with Gasteiger partial charge in [-0.2, -0.15) is 0 Å². The molecule has 1 aromatic carbocycles. The molecule has 2 amide bonds. The Kier molecular flexibility index (Phi) is 9.66. The van der Waals surface area contributed by atoms with Gasteiger partial charge in [0.05, 0.1) is 13.2 Å². The van der Waals surface area contributed by atoms with E-state index in [9.17, 15) is 9.59 Å². The van der Waals surface area contributed by atoms with E-state index in [4.69, 9.17) is 16.3 Å². The summed E-state index contributed by atoms with van der Waals surface area (Å²) in [5.41, 5.74) is 0.584. The zero-order valence-corrected chi connectivity index (χ0v) is 21.2. The lowest BCUT2D eigenvalue weighted by atomic mass is 9.88. The molecule has 0 radical (unpaired) electrons. The second-order valence-corrected chi connectivity index (χ2v) is 10.5. The molecule has 4 rings (SSSR count). The Morgan fingerprint density at radius 1 is 0.882 bits per heavy atom. The smallest absolute Gasteiger partial charge is 0.254 e. The van der Waals surface area contributed by atoms with Crippen LogP contribution in [0.3, 0.4) is 0 Å². The highest BCUT2D eigenvalue weighted by Gasteiger charge is 2.34. The van der Waals surface area contributed by atoms with Gasteiger partial charge < -0.3 is 14.5 Å². The monoisotopic (exact) mass is 489 g/mol. The summed E-state index contributed by atoms with van der Waals surface area (Å²) in [5.74, 6) is 0.0357. The summed E-state index contributed by atoms with van der Waals surface area (Å²) in [6.45, 7) is 4.63. The van der Waals surface area contributed by atoms with Crippen LogP contribution in [0.5, 0.6) is 0 Å². The van der Waals surface area contributed by atoms with Crippen molar-refractivity contribution in [2.24, 2.45) is 0 Å². The highest BCUT2D eigenvalue weighted by atomic mass is 35.5. The van der Waals surface area contributed by atoms with Crippen LogP contribution in [-0.2, 0) is 9.53 Å². The highest BCUT2D eigenvalue weighted by molar-refractivity contribution is 6.30. The highest BCUT2D eigenvalue weighted by Crippen LogP contribution is 2.30. The number of carbonyl (C=O) groups is 2. The van der Waals surface area contributed by atoms with Crippen molar-refractivity contribution < 1.29 is 14.3 Å². The minimum atomic E-state index is -0.0921. The summed E-state index contributed by atoms with van der Waals surface area (Å²) >= 11 is 6.05. The first-order valence-electron chi connectivity index (χ1n) is 13.3. The van der Waals surface area contributed by atoms with E-state index in [-0.39, 0.29) is 18.4 Å². The molecule has 0 unspecified atom stereocenters. The third kappa shape index (κ3) is 6.96. The molecule has 0 spiro atoms. The van der Waals surface area contributed by atoms with Crippen molar-refractivity contribution in [3.63, 3.8) is 0 Å². The maximum Gasteiger partial charge on any atom is 0.254 e. The predicted octanol–water partition coefficient (Wildman–Crippen LogP) is 4.61. The van der Waals surface area contributed by atoms with Crippen LogP contribution in [0.1, 0.15) is 74.6 Å². The van der Waals surface area contributed by atoms with Crippen molar-refractivity contribution in [3.8, 4) is 0 Å². The second kappa shape index (κ2) is 12.9. The Morgan fingerprint density at radius 2 is 1.44 bits per heavy atom. The first-order chi connectivity index (χ1) is 16.6. The van der Waals surface area contributed by atoms with Gasteiger partial charge in [0.15, 0.2) is 0 Å². The van der Waals surface area contributed by atoms with Crippen molar-refractivity contribution >= 4 is 23.4 Å². The number of halogens is 1. The number of rotatable bonds is 8. The van der Waals surface area contributed by atoms with Gasteiger partial charge in [-0.15, -0.1) is 0 Å². The van der Waals surface area contributed by atoms with E-state index >= 15 is 0 Å². The molecule has 7 heteroatoms. The number of ether oxygens (including phenoxy) is 1. The lowest BCUT2D eigenvalue weighted by molar-refractivity contribution is -0.138. The fourth-order valence-electron chi connectivity index (χ4n) is 5.78. The third-order valence-electron chi connectivity index (χ3n) is 7.72. The fraction of sp³-hybridized carbons (Fsp3) is 0.704. The second-order valence-electron chi connectivity index (χ2n) is 10.1. The molecule has 34 heavy (non-hydrogen) atoms. The van der Waals surface area contributed by atoms with Crippen LogP contribution >= 0.6 is 11.6 Å². The number of amides is 2. The fourth-order valence-corrected chi connectivity index (χ4v) is 5.91. The molecule has 1 aromatic rings. The topological polar surface area (TPSA) is 53.1 Å². The normalized spacial score (nSPS) is 20.7. The summed E-state index contributed by atoms with van der Waals surface area (Å²) in [7, 11) is 0. The summed E-state index contributed by atoms with van der Waals surface area (Å²) in [6.07, 6.45) is 11.7. The molecule has 6 nitrogen and oxygen atoms in total. The lowest BCUT2D eigenvalue weighted by Crippen LogP contribution is -2.53. The Hall–Kier alpha value is -1.63. The van der Waals surface area contributed by atoms with Gasteiger partial charge >= 0.3 is 0 Å². The van der Waals surface area contributed by atoms with Crippen molar-refractivity contribution in [1.82, 2.24) is 14.7 Å². The number of carbonyl (C=O) groups excluding carboxylic acids is 2. The van der Waals surface area contributed by atoms with Gasteiger partial charge in [0.1, 0.15) is 6.54 Å². The Morgan fingerprint density at radius 3 is 2.00 bits per heavy atom. The average molecular weight is 490 g/mol. The molecule has 1 aliphatic heterocycles. The van der Waals surface area contributed by atoms with Gasteiger partial charge in [0.25, 0.3) is 5.91 Å². The summed E-state index contributed by atoms with van der Waals surface area (Å²) in [4.78, 5) is 33.7. The van der Waals surface area contributed by atoms with E-state index in [1.54, 1.807) is 29.2 Å². The van der Waals surface area contributed by atoms with Crippen molar-refractivity contribution in [2.75, 3.05) is 45.9 Å². The minimum Gasteiger partial charge on any atom is -0.379 e. The van der Waals surface area contributed by atoms with Crippen molar-refractivity contribution in [1.29, 1.82) is 0 Å². The van der Waals surface area contributed by atoms with Gasteiger partial charge in [0.2, 0.25) is 5.91 Å². The zero-order chi connectivity index (χ0) is 23.8. The van der Waals surface area contributed by atoms with Crippen molar-refractivity contribution in [3.05, 3.63) is 34.9 Å². The summed E-state index contributed by atoms with van der Waals surface area (Å²) in [6, 6.07) is 7.67. The number of benzene rings is 1. The van der Waals surface area contributed by atoms with Gasteiger partial charge in [-0.25, -0.2) is 0 Å². The standard InChI is InChI=1S/C27H40ClN3O3/c28-23-13-11-22(12-14-23)27(33)30(16-15-29-17-19-34-20-18-29)21-26(32)31(24-7-3-1-4-8-24)25-9-5-2-6-10-25/h11-14,24-25H,1-10,15-21H2. The molecule has 3 aliphatic rings. The van der Waals surface area contributed by atoms with Gasteiger partial charge in [-0.05, 0) is 49.9 Å². The lowest BCUT2D eigenvalue weighted by Gasteiger charge is -2.42. The SMILES string of the molecule is O=C(c1ccc(Cl)cc1)N(CCN1CCOCC1)CC(=O)N(C1CCCCC1)C1CCCCC1. The quantitative estimate of drug-likeness (QED) is 0.535. The first-order valence-corrected chi connectivity index (χ1v) is 13.7. The molecule has 188 valence electrons. The minimum absolute atomic E-state index is 0.0921. The number of hydrogen-bond acceptors (Lipinski definition) is 4. The summed E-state index contributed by atoms with van der Waals surface area (Å²) < 4.78 is 5.47. The Bertz CT molecular complexity index is 767. The number of hydrogen-bond donors (Lipinski definition) is 0. The molecule has 0 bridgehead atoms. The van der Waals surface area contributed by atoms with Crippen LogP contribution in [0.25, 0.3) is 0 Å². The third-order valence-corrected chi connectivity index (χ3v) is 7.97. The Balaban J connectivity index is 1.49. The zero-order valence-electron chi connectivity index (χ0n) is 20.4. The van der Waals surface area contributed by atoms with Crippen LogP contribution in [-0.4, -0.2) is 84.5 Å². The molecule has 2 saturated carbocycles. The van der Waals surface area contributed by atoms with Gasteiger partial charge in [0, 0.05) is 48.8 Å². The van der Waals surface area contributed by atoms with Crippen LogP contribution in [0.2, 0.25) is 5.02 Å². The molecule has 0 aromatic heterocycles. The van der Waals surface area contributed by atoms with Gasteiger partial charge in [-0.3, -0.25) is 14.5 Å². The van der Waals surface area contributed by atoms with E-state index in [1.165, 1.54) is 38.5 Å². The van der Waals surface area contributed by atoms with E-state index in [2.05, 4.69) is 9.80 Å². The van der Waals surface area contributed by atoms with E-state index in [0.717, 1.165) is 58.5 Å².